The number of nitrogens with zero attached hydrogens (tertiary/aromatic N) is 3. The molecule has 0 unspecified atom stereocenters. The zero-order valence-corrected chi connectivity index (χ0v) is 14.8. The molecular weight excluding hydrogens is 372 g/mol. The summed E-state index contributed by atoms with van der Waals surface area (Å²) in [6.07, 6.45) is 1.56. The van der Waals surface area contributed by atoms with Gasteiger partial charge in [0.15, 0.2) is 6.61 Å². The maximum Gasteiger partial charge on any atom is 0.273 e. The summed E-state index contributed by atoms with van der Waals surface area (Å²) in [6.45, 7) is 0.104. The first-order valence-corrected chi connectivity index (χ1v) is 8.33. The maximum atomic E-state index is 12.1. The monoisotopic (exact) mass is 386 g/mol. The van der Waals surface area contributed by atoms with E-state index < -0.39 is 10.8 Å². The third-order valence-electron chi connectivity index (χ3n) is 3.66. The lowest BCUT2D eigenvalue weighted by Crippen LogP contribution is -2.22. The number of carbonyl (C=O) groups excluding carboxylic acids is 1. The molecule has 2 aromatic carbocycles. The first-order chi connectivity index (χ1) is 13.0. The third-order valence-corrected chi connectivity index (χ3v) is 4.03. The highest BCUT2D eigenvalue weighted by Crippen LogP contribution is 2.20. The Morgan fingerprint density at radius 2 is 2.04 bits per heavy atom. The second-order valence-corrected chi connectivity index (χ2v) is 5.96. The number of hydrogen-bond donors (Lipinski definition) is 1. The summed E-state index contributed by atoms with van der Waals surface area (Å²) in [5.74, 6) is 0.314. The number of amides is 1. The van der Waals surface area contributed by atoms with Crippen LogP contribution in [0.5, 0.6) is 5.75 Å². The minimum atomic E-state index is -0.528. The quantitative estimate of drug-likeness (QED) is 0.494. The Balaban J connectivity index is 1.60. The first-order valence-electron chi connectivity index (χ1n) is 7.95. The van der Waals surface area contributed by atoms with E-state index in [-0.39, 0.29) is 18.0 Å². The van der Waals surface area contributed by atoms with Crippen LogP contribution in [0.4, 0.5) is 11.5 Å². The van der Waals surface area contributed by atoms with Crippen LogP contribution >= 0.6 is 11.6 Å². The van der Waals surface area contributed by atoms with Crippen LogP contribution in [-0.4, -0.2) is 27.2 Å². The van der Waals surface area contributed by atoms with Crippen molar-refractivity contribution in [3.05, 3.63) is 81.5 Å². The molecule has 8 nitrogen and oxygen atoms in total. The van der Waals surface area contributed by atoms with Crippen LogP contribution in [0.1, 0.15) is 5.56 Å². The zero-order valence-electron chi connectivity index (χ0n) is 14.0. The number of nitrogens with one attached hydrogen (secondary N) is 1. The van der Waals surface area contributed by atoms with Crippen molar-refractivity contribution in [3.8, 4) is 5.75 Å². The summed E-state index contributed by atoms with van der Waals surface area (Å²) >= 11 is 6.16. The van der Waals surface area contributed by atoms with Gasteiger partial charge in [-0.05, 0) is 17.7 Å². The van der Waals surface area contributed by atoms with Crippen LogP contribution in [0.2, 0.25) is 5.02 Å². The molecule has 1 amide bonds. The molecule has 0 radical (unpaired) electrons. The van der Waals surface area contributed by atoms with E-state index in [9.17, 15) is 14.9 Å². The average molecular weight is 387 g/mol. The summed E-state index contributed by atoms with van der Waals surface area (Å²) < 4.78 is 6.92. The number of halogens is 1. The molecule has 0 saturated heterocycles. The van der Waals surface area contributed by atoms with Crippen molar-refractivity contribution in [2.75, 3.05) is 11.9 Å². The number of ether oxygens (including phenoxy) is 1. The van der Waals surface area contributed by atoms with Gasteiger partial charge in [0.2, 0.25) is 0 Å². The number of hydrogen-bond acceptors (Lipinski definition) is 5. The number of rotatable bonds is 7. The number of nitro groups is 1. The molecule has 1 heterocycles. The van der Waals surface area contributed by atoms with Gasteiger partial charge in [-0.1, -0.05) is 35.9 Å². The van der Waals surface area contributed by atoms with Crippen molar-refractivity contribution in [1.29, 1.82) is 0 Å². The lowest BCUT2D eigenvalue weighted by Gasteiger charge is -2.11. The van der Waals surface area contributed by atoms with E-state index in [0.717, 1.165) is 5.56 Å². The van der Waals surface area contributed by atoms with Crippen molar-refractivity contribution >= 4 is 29.0 Å². The second kappa shape index (κ2) is 8.33. The normalized spacial score (nSPS) is 10.4. The summed E-state index contributed by atoms with van der Waals surface area (Å²) in [6, 6.07) is 14.7. The van der Waals surface area contributed by atoms with Gasteiger partial charge < -0.3 is 10.1 Å². The van der Waals surface area contributed by atoms with Gasteiger partial charge in [0.05, 0.1) is 23.7 Å². The van der Waals surface area contributed by atoms with Crippen molar-refractivity contribution in [2.24, 2.45) is 0 Å². The molecule has 0 spiro atoms. The van der Waals surface area contributed by atoms with Crippen LogP contribution in [0, 0.1) is 10.1 Å². The molecule has 1 aromatic heterocycles. The molecule has 9 heteroatoms. The average Bonchev–Trinajstić information content (AvgIpc) is 3.09. The largest absolute Gasteiger partial charge is 0.484 e. The molecule has 0 saturated carbocycles. The molecule has 0 aliphatic rings. The molecule has 0 bridgehead atoms. The van der Waals surface area contributed by atoms with Crippen molar-refractivity contribution in [2.45, 2.75) is 6.54 Å². The van der Waals surface area contributed by atoms with E-state index in [2.05, 4.69) is 10.4 Å². The van der Waals surface area contributed by atoms with Crippen molar-refractivity contribution in [1.82, 2.24) is 9.78 Å². The van der Waals surface area contributed by atoms with E-state index in [1.807, 2.05) is 18.2 Å². The van der Waals surface area contributed by atoms with Crippen LogP contribution in [0.25, 0.3) is 0 Å². The number of non-ortho nitro benzene ring substituents is 1. The highest BCUT2D eigenvalue weighted by atomic mass is 35.5. The second-order valence-electron chi connectivity index (χ2n) is 5.56. The van der Waals surface area contributed by atoms with Crippen molar-refractivity contribution < 1.29 is 14.5 Å². The number of benzene rings is 2. The molecule has 27 heavy (non-hydrogen) atoms. The van der Waals surface area contributed by atoms with E-state index in [4.69, 9.17) is 16.3 Å². The molecule has 1 N–H and O–H groups in total. The Morgan fingerprint density at radius 3 is 2.81 bits per heavy atom. The van der Waals surface area contributed by atoms with Gasteiger partial charge in [0.25, 0.3) is 11.6 Å². The van der Waals surface area contributed by atoms with Crippen molar-refractivity contribution in [3.63, 3.8) is 0 Å². The van der Waals surface area contributed by atoms with Crippen LogP contribution < -0.4 is 10.1 Å². The Labute approximate surface area is 159 Å². The molecule has 3 aromatic rings. The van der Waals surface area contributed by atoms with Gasteiger partial charge in [-0.25, -0.2) is 4.68 Å². The fourth-order valence-corrected chi connectivity index (χ4v) is 2.56. The zero-order chi connectivity index (χ0) is 19.2. The predicted octanol–water partition coefficient (Wildman–Crippen LogP) is 3.51. The highest BCUT2D eigenvalue weighted by molar-refractivity contribution is 6.31. The Morgan fingerprint density at radius 1 is 1.22 bits per heavy atom. The molecule has 138 valence electrons. The van der Waals surface area contributed by atoms with E-state index in [1.165, 1.54) is 18.2 Å². The van der Waals surface area contributed by atoms with Gasteiger partial charge in [-0.15, -0.1) is 0 Å². The highest BCUT2D eigenvalue weighted by Gasteiger charge is 2.11. The predicted molar refractivity (Wildman–Crippen MR) is 100 cm³/mol. The minimum Gasteiger partial charge on any atom is -0.484 e. The molecule has 0 aliphatic heterocycles. The Bertz CT molecular complexity index is 973. The van der Waals surface area contributed by atoms with Gasteiger partial charge in [-0.3, -0.25) is 14.9 Å². The van der Waals surface area contributed by atoms with E-state index in [1.54, 1.807) is 29.1 Å². The molecule has 0 atom stereocenters. The lowest BCUT2D eigenvalue weighted by atomic mass is 10.2. The number of anilines is 1. The summed E-state index contributed by atoms with van der Waals surface area (Å²) in [5.41, 5.74) is 0.761. The number of carbonyl (C=O) groups is 1. The van der Waals surface area contributed by atoms with E-state index in [0.29, 0.717) is 17.4 Å². The smallest absolute Gasteiger partial charge is 0.273 e. The Hall–Kier alpha value is -3.39. The van der Waals surface area contributed by atoms with Crippen LogP contribution in [-0.2, 0) is 11.3 Å². The summed E-state index contributed by atoms with van der Waals surface area (Å²) in [7, 11) is 0. The summed E-state index contributed by atoms with van der Waals surface area (Å²) in [5, 5.41) is 18.3. The van der Waals surface area contributed by atoms with Crippen LogP contribution in [0.15, 0.2) is 60.8 Å². The van der Waals surface area contributed by atoms with E-state index >= 15 is 0 Å². The van der Waals surface area contributed by atoms with Crippen LogP contribution in [0.3, 0.4) is 0 Å². The lowest BCUT2D eigenvalue weighted by molar-refractivity contribution is -0.384. The standard InChI is InChI=1S/C18H15ClN4O4/c19-16-7-2-1-4-13(16)11-22-17(8-9-20-22)21-18(24)12-27-15-6-3-5-14(10-15)23(25)26/h1-10H,11-12H2,(H,21,24). The maximum absolute atomic E-state index is 12.1. The summed E-state index contributed by atoms with van der Waals surface area (Å²) in [4.78, 5) is 22.4. The van der Waals surface area contributed by atoms with Gasteiger partial charge in [-0.2, -0.15) is 5.10 Å². The molecule has 0 fully saturated rings. The molecule has 3 rings (SSSR count). The SMILES string of the molecule is O=C(COc1cccc([N+](=O)[O-])c1)Nc1ccnn1Cc1ccccc1Cl. The molecular formula is C18H15ClN4O4. The van der Waals surface area contributed by atoms with Gasteiger partial charge in [0, 0.05) is 17.2 Å². The topological polar surface area (TPSA) is 99.3 Å². The number of nitro benzene ring substituents is 1. The Kier molecular flexibility index (Phi) is 5.68. The third kappa shape index (κ3) is 4.83. The number of aromatic nitrogens is 2. The van der Waals surface area contributed by atoms with Gasteiger partial charge >= 0.3 is 0 Å². The molecule has 0 aliphatic carbocycles. The fraction of sp³-hybridized carbons (Fsp3) is 0.111. The first kappa shape index (κ1) is 18.4. The fourth-order valence-electron chi connectivity index (χ4n) is 2.37. The minimum absolute atomic E-state index is 0.106. The van der Waals surface area contributed by atoms with Gasteiger partial charge in [0.1, 0.15) is 11.6 Å².